The Morgan fingerprint density at radius 1 is 0.289 bits per heavy atom. The van der Waals surface area contributed by atoms with E-state index >= 15 is 0 Å². The van der Waals surface area contributed by atoms with Crippen LogP contribution < -0.4 is 15.5 Å². The Labute approximate surface area is 442 Å². The molecular weight excluding hydrogens is 925 g/mol. The fourth-order valence-electron chi connectivity index (χ4n) is 10.4. The number of nitrogen functional groups attached to an aromatic ring is 1. The van der Waals surface area contributed by atoms with Crippen LogP contribution in [0, 0.1) is 0 Å². The van der Waals surface area contributed by atoms with Crippen LogP contribution in [0.25, 0.3) is 83.6 Å². The highest BCUT2D eigenvalue weighted by molar-refractivity contribution is 6.12. The number of fused-ring (bicyclic) bond motifs is 3. The molecule has 0 saturated carbocycles. The van der Waals surface area contributed by atoms with Gasteiger partial charge in [0.25, 0.3) is 0 Å². The van der Waals surface area contributed by atoms with Gasteiger partial charge in [0.15, 0.2) is 5.82 Å². The van der Waals surface area contributed by atoms with Crippen molar-refractivity contribution in [2.45, 2.75) is 0 Å². The average molecular weight is 975 g/mol. The molecule has 0 unspecified atom stereocenters. The van der Waals surface area contributed by atoms with Crippen molar-refractivity contribution in [1.29, 1.82) is 0 Å². The van der Waals surface area contributed by atoms with Crippen LogP contribution in [0.5, 0.6) is 0 Å². The maximum Gasteiger partial charge on any atom is 0.162 e. The summed E-state index contributed by atoms with van der Waals surface area (Å²) in [6.07, 6.45) is 0. The first kappa shape index (κ1) is 45.6. The van der Waals surface area contributed by atoms with Crippen molar-refractivity contribution in [2.75, 3.05) is 15.5 Å². The summed E-state index contributed by atoms with van der Waals surface area (Å²) in [5.41, 5.74) is 26.0. The minimum absolute atomic E-state index is 0.602. The third kappa shape index (κ3) is 8.80. The lowest BCUT2D eigenvalue weighted by atomic mass is 9.98. The Hall–Kier alpha value is -10.3. The Bertz CT molecular complexity index is 3910. The first-order chi connectivity index (χ1) is 37.6. The Morgan fingerprint density at radius 3 is 1.04 bits per heavy atom. The van der Waals surface area contributed by atoms with Crippen molar-refractivity contribution < 1.29 is 0 Å². The van der Waals surface area contributed by atoms with E-state index in [1.807, 2.05) is 42.5 Å². The lowest BCUT2D eigenvalue weighted by Gasteiger charge is -2.26. The van der Waals surface area contributed by atoms with Gasteiger partial charge in [0.1, 0.15) is 0 Å². The van der Waals surface area contributed by atoms with Crippen LogP contribution in [0.2, 0.25) is 0 Å². The van der Waals surface area contributed by atoms with Crippen LogP contribution in [-0.4, -0.2) is 14.5 Å². The summed E-state index contributed by atoms with van der Waals surface area (Å²) in [4.78, 5) is 14.7. The Morgan fingerprint density at radius 2 is 0.632 bits per heavy atom. The zero-order valence-corrected chi connectivity index (χ0v) is 41.5. The molecule has 0 aliphatic carbocycles. The molecule has 0 spiro atoms. The van der Waals surface area contributed by atoms with Gasteiger partial charge < -0.3 is 20.1 Å². The Kier molecular flexibility index (Phi) is 12.0. The molecule has 2 N–H and O–H groups in total. The maximum absolute atomic E-state index is 6.42. The van der Waals surface area contributed by atoms with Crippen molar-refractivity contribution in [3.05, 3.63) is 291 Å². The highest BCUT2D eigenvalue weighted by Crippen LogP contribution is 2.43. The lowest BCUT2D eigenvalue weighted by molar-refractivity contribution is 1.18. The number of rotatable bonds is 12. The highest BCUT2D eigenvalue weighted by atomic mass is 15.1. The number of para-hydroxylation sites is 5. The van der Waals surface area contributed by atoms with E-state index in [0.717, 1.165) is 112 Å². The van der Waals surface area contributed by atoms with Gasteiger partial charge in [-0.3, -0.25) is 0 Å². The third-order valence-electron chi connectivity index (χ3n) is 14.2. The van der Waals surface area contributed by atoms with Gasteiger partial charge in [-0.1, -0.05) is 176 Å². The standard InChI is InChI=1S/C70H50N6/c71-65-29-17-16-28-62(65)70-72-66(53-18-6-1-7-19-53)48-67(73-70)54-36-34-51(35-37-54)49-30-32-50(33-31-49)52-38-40-59(41-39-52)76-68-44-42-60(74(55-20-8-2-9-21-55)56-22-10-3-11-23-56)46-63(68)64-47-61(43-45-69(64)76)75(57-24-12-4-13-25-57)58-26-14-5-15-27-58/h1-48H,71H2. The second kappa shape index (κ2) is 20.0. The van der Waals surface area contributed by atoms with E-state index in [4.69, 9.17) is 15.7 Å². The molecule has 0 bridgehead atoms. The van der Waals surface area contributed by atoms with Crippen molar-refractivity contribution in [1.82, 2.24) is 14.5 Å². The van der Waals surface area contributed by atoms with Crippen LogP contribution in [0.15, 0.2) is 291 Å². The van der Waals surface area contributed by atoms with E-state index in [1.54, 1.807) is 0 Å². The molecule has 0 radical (unpaired) electrons. The van der Waals surface area contributed by atoms with E-state index in [-0.39, 0.29) is 0 Å². The first-order valence-electron chi connectivity index (χ1n) is 25.6. The molecule has 76 heavy (non-hydrogen) atoms. The quantitative estimate of drug-likeness (QED) is 0.124. The number of nitrogens with zero attached hydrogens (tertiary/aromatic N) is 5. The molecule has 6 heteroatoms. The van der Waals surface area contributed by atoms with Crippen molar-refractivity contribution >= 4 is 61.6 Å². The maximum atomic E-state index is 6.42. The molecule has 0 fully saturated rings. The van der Waals surface area contributed by atoms with E-state index in [0.29, 0.717) is 11.5 Å². The minimum atomic E-state index is 0.602. The van der Waals surface area contributed by atoms with E-state index in [1.165, 1.54) is 0 Å². The molecule has 13 rings (SSSR count). The van der Waals surface area contributed by atoms with Gasteiger partial charge in [0, 0.05) is 73.0 Å². The fourth-order valence-corrected chi connectivity index (χ4v) is 10.4. The van der Waals surface area contributed by atoms with Gasteiger partial charge in [-0.2, -0.15) is 0 Å². The predicted molar refractivity (Wildman–Crippen MR) is 317 cm³/mol. The second-order valence-electron chi connectivity index (χ2n) is 18.9. The molecule has 0 saturated heterocycles. The SMILES string of the molecule is Nc1ccccc1-c1nc(-c2ccccc2)cc(-c2ccc(-c3ccc(-c4ccc(-n5c6ccc(N(c7ccccc7)c7ccccc7)cc6c6cc(N(c7ccccc7)c7ccccc7)ccc65)cc4)cc3)cc2)n1. The predicted octanol–water partition coefficient (Wildman–Crippen LogP) is 18.4. The van der Waals surface area contributed by atoms with E-state index in [9.17, 15) is 0 Å². The normalized spacial score (nSPS) is 11.2. The molecule has 6 nitrogen and oxygen atoms in total. The zero-order valence-electron chi connectivity index (χ0n) is 41.5. The first-order valence-corrected chi connectivity index (χ1v) is 25.6. The molecular formula is C70H50N6. The summed E-state index contributed by atoms with van der Waals surface area (Å²) >= 11 is 0. The molecule has 0 aliphatic heterocycles. The van der Waals surface area contributed by atoms with Crippen LogP contribution in [0.3, 0.4) is 0 Å². The number of hydrogen-bond donors (Lipinski definition) is 1. The second-order valence-corrected chi connectivity index (χ2v) is 18.9. The number of hydrogen-bond acceptors (Lipinski definition) is 5. The number of aromatic nitrogens is 3. The topological polar surface area (TPSA) is 63.2 Å². The van der Waals surface area contributed by atoms with Crippen LogP contribution in [-0.2, 0) is 0 Å². The molecule has 0 atom stereocenters. The van der Waals surface area contributed by atoms with Crippen molar-refractivity contribution in [3.63, 3.8) is 0 Å². The molecule has 2 aromatic heterocycles. The van der Waals surface area contributed by atoms with Crippen LogP contribution in [0.1, 0.15) is 0 Å². The smallest absolute Gasteiger partial charge is 0.162 e. The van der Waals surface area contributed by atoms with E-state index < -0.39 is 0 Å². The summed E-state index contributed by atoms with van der Waals surface area (Å²) in [6.45, 7) is 0. The summed E-state index contributed by atoms with van der Waals surface area (Å²) in [7, 11) is 0. The van der Waals surface area contributed by atoms with Gasteiger partial charge in [0.05, 0.1) is 22.4 Å². The molecule has 11 aromatic carbocycles. The monoisotopic (exact) mass is 974 g/mol. The van der Waals surface area contributed by atoms with Crippen LogP contribution >= 0.6 is 0 Å². The lowest BCUT2D eigenvalue weighted by Crippen LogP contribution is -2.09. The summed E-state index contributed by atoms with van der Waals surface area (Å²) in [6, 6.07) is 103. The number of benzene rings is 11. The van der Waals surface area contributed by atoms with Gasteiger partial charge >= 0.3 is 0 Å². The minimum Gasteiger partial charge on any atom is -0.398 e. The van der Waals surface area contributed by atoms with Crippen molar-refractivity contribution in [2.24, 2.45) is 0 Å². The number of nitrogens with two attached hydrogens (primary N) is 1. The highest BCUT2D eigenvalue weighted by Gasteiger charge is 2.21. The fraction of sp³-hybridized carbons (Fsp3) is 0. The van der Waals surface area contributed by atoms with Gasteiger partial charge in [-0.25, -0.2) is 9.97 Å². The van der Waals surface area contributed by atoms with Gasteiger partial charge in [0.2, 0.25) is 0 Å². The summed E-state index contributed by atoms with van der Waals surface area (Å²) in [5.74, 6) is 0.602. The molecule has 360 valence electrons. The summed E-state index contributed by atoms with van der Waals surface area (Å²) in [5, 5.41) is 2.33. The van der Waals surface area contributed by atoms with Gasteiger partial charge in [-0.15, -0.1) is 0 Å². The number of anilines is 7. The average Bonchev–Trinajstić information content (AvgIpc) is 3.83. The van der Waals surface area contributed by atoms with Crippen LogP contribution in [0.4, 0.5) is 39.8 Å². The third-order valence-corrected chi connectivity index (χ3v) is 14.2. The Balaban J connectivity index is 0.844. The largest absolute Gasteiger partial charge is 0.398 e. The molecule has 0 aliphatic rings. The van der Waals surface area contributed by atoms with Gasteiger partial charge in [-0.05, 0) is 138 Å². The molecule has 2 heterocycles. The summed E-state index contributed by atoms with van der Waals surface area (Å²) < 4.78 is 2.40. The zero-order chi connectivity index (χ0) is 50.8. The van der Waals surface area contributed by atoms with Crippen molar-refractivity contribution in [3.8, 4) is 61.8 Å². The molecule has 13 aromatic rings. The van der Waals surface area contributed by atoms with E-state index in [2.05, 4.69) is 263 Å². The molecule has 0 amide bonds.